The van der Waals surface area contributed by atoms with Crippen LogP contribution < -0.4 is 0 Å². The summed E-state index contributed by atoms with van der Waals surface area (Å²) >= 11 is 0. The lowest BCUT2D eigenvalue weighted by Gasteiger charge is -2.14. The van der Waals surface area contributed by atoms with Crippen LogP contribution in [0.4, 0.5) is 0 Å². The predicted octanol–water partition coefficient (Wildman–Crippen LogP) is 10.4. The number of hydrogen-bond donors (Lipinski definition) is 0. The Kier molecular flexibility index (Phi) is 6.61. The van der Waals surface area contributed by atoms with E-state index in [0.29, 0.717) is 17.5 Å². The largest absolute Gasteiger partial charge is 0.327 e. The highest BCUT2D eigenvalue weighted by Gasteiger charge is 2.18. The van der Waals surface area contributed by atoms with E-state index in [2.05, 4.69) is 103 Å². The molecule has 5 heteroatoms. The molecule has 0 N–H and O–H groups in total. The van der Waals surface area contributed by atoms with E-state index in [1.54, 1.807) is 0 Å². The van der Waals surface area contributed by atoms with Crippen LogP contribution in [0.5, 0.6) is 0 Å². The van der Waals surface area contributed by atoms with E-state index in [9.17, 15) is 0 Å². The molecule has 2 heterocycles. The smallest absolute Gasteiger partial charge is 0.164 e. The fourth-order valence-electron chi connectivity index (χ4n) is 6.55. The van der Waals surface area contributed by atoms with Gasteiger partial charge in [0.1, 0.15) is 5.82 Å². The molecule has 226 valence electrons. The lowest BCUT2D eigenvalue weighted by atomic mass is 9.93. The fourth-order valence-corrected chi connectivity index (χ4v) is 6.55. The number of imidazole rings is 1. The second-order valence-electron chi connectivity index (χ2n) is 12.0. The van der Waals surface area contributed by atoms with Gasteiger partial charge in [-0.15, -0.1) is 0 Å². The van der Waals surface area contributed by atoms with Gasteiger partial charge in [-0.3, -0.25) is 0 Å². The molecule has 0 spiro atoms. The molecule has 0 amide bonds. The number of hydrogen-bond acceptors (Lipinski definition) is 4. The summed E-state index contributed by atoms with van der Waals surface area (Å²) < 4.78 is 2.16. The third-order valence-corrected chi connectivity index (χ3v) is 9.02. The highest BCUT2D eigenvalue weighted by Crippen LogP contribution is 2.37. The van der Waals surface area contributed by atoms with Gasteiger partial charge in [0.25, 0.3) is 0 Å². The molecule has 0 aliphatic heterocycles. The van der Waals surface area contributed by atoms with Crippen molar-refractivity contribution >= 4 is 32.6 Å². The number of benzene rings is 7. The molecule has 0 fully saturated rings. The number of rotatable bonds is 5. The molecule has 2 aromatic heterocycles. The van der Waals surface area contributed by atoms with Crippen molar-refractivity contribution in [1.82, 2.24) is 24.5 Å². The molecular formula is C43H29N5. The molecule has 9 aromatic rings. The molecule has 5 nitrogen and oxygen atoms in total. The molecule has 0 aliphatic rings. The summed E-state index contributed by atoms with van der Waals surface area (Å²) in [6.45, 7) is 0. The van der Waals surface area contributed by atoms with Crippen LogP contribution in [0, 0.1) is 0 Å². The SMILES string of the molecule is Cn1c(-c2ccc3cc(-c4cc5ccccc5cc4-c4nc(-c5ccccc5)nc(-c5ccccc5)n4)ccc3c2)nc2ccccc21. The molecule has 0 bridgehead atoms. The van der Waals surface area contributed by atoms with Crippen LogP contribution in [-0.4, -0.2) is 24.5 Å². The van der Waals surface area contributed by atoms with Crippen LogP contribution in [0.3, 0.4) is 0 Å². The van der Waals surface area contributed by atoms with E-state index in [4.69, 9.17) is 19.9 Å². The summed E-state index contributed by atoms with van der Waals surface area (Å²) in [6, 6.07) is 54.7. The maximum atomic E-state index is 5.09. The molecule has 48 heavy (non-hydrogen) atoms. The van der Waals surface area contributed by atoms with Crippen LogP contribution in [0.2, 0.25) is 0 Å². The van der Waals surface area contributed by atoms with E-state index in [1.807, 2.05) is 66.7 Å². The van der Waals surface area contributed by atoms with Crippen molar-refractivity contribution in [3.8, 4) is 56.7 Å². The Morgan fingerprint density at radius 3 is 1.52 bits per heavy atom. The van der Waals surface area contributed by atoms with Gasteiger partial charge in [0.2, 0.25) is 0 Å². The van der Waals surface area contributed by atoms with Gasteiger partial charge in [0, 0.05) is 29.3 Å². The van der Waals surface area contributed by atoms with Crippen molar-refractivity contribution in [3.63, 3.8) is 0 Å². The maximum absolute atomic E-state index is 5.09. The standard InChI is InChI=1S/C43H29N5/c1-48-39-19-11-10-18-38(39)44-43(48)35-23-21-32-24-34(22-20-33(32)25-35)36-26-30-16-8-9-17-31(30)27-37(36)42-46-40(28-12-4-2-5-13-28)45-41(47-42)29-14-6-3-7-15-29/h2-27H,1H3. The molecule has 0 aliphatic carbocycles. The summed E-state index contributed by atoms with van der Waals surface area (Å²) in [7, 11) is 2.08. The van der Waals surface area contributed by atoms with Crippen LogP contribution in [-0.2, 0) is 7.05 Å². The first-order valence-electron chi connectivity index (χ1n) is 16.0. The van der Waals surface area contributed by atoms with Crippen molar-refractivity contribution < 1.29 is 0 Å². The number of para-hydroxylation sites is 2. The topological polar surface area (TPSA) is 56.5 Å². The monoisotopic (exact) mass is 615 g/mol. The first-order valence-corrected chi connectivity index (χ1v) is 16.0. The van der Waals surface area contributed by atoms with E-state index in [0.717, 1.165) is 71.8 Å². The quantitative estimate of drug-likeness (QED) is 0.193. The number of aryl methyl sites for hydroxylation is 1. The second-order valence-corrected chi connectivity index (χ2v) is 12.0. The normalized spacial score (nSPS) is 11.4. The summed E-state index contributed by atoms with van der Waals surface area (Å²) in [5.41, 5.74) is 8.23. The van der Waals surface area contributed by atoms with Gasteiger partial charge in [0.15, 0.2) is 17.5 Å². The van der Waals surface area contributed by atoms with E-state index < -0.39 is 0 Å². The van der Waals surface area contributed by atoms with Crippen LogP contribution in [0.25, 0.3) is 89.3 Å². The Bertz CT molecular complexity index is 2570. The second kappa shape index (κ2) is 11.4. The molecule has 0 atom stereocenters. The maximum Gasteiger partial charge on any atom is 0.164 e. The molecule has 0 saturated heterocycles. The fraction of sp³-hybridized carbons (Fsp3) is 0.0233. The van der Waals surface area contributed by atoms with Crippen molar-refractivity contribution in [2.75, 3.05) is 0 Å². The number of aromatic nitrogens is 5. The average Bonchev–Trinajstić information content (AvgIpc) is 3.50. The van der Waals surface area contributed by atoms with Crippen LogP contribution in [0.15, 0.2) is 158 Å². The van der Waals surface area contributed by atoms with Crippen molar-refractivity contribution in [2.45, 2.75) is 0 Å². The van der Waals surface area contributed by atoms with Gasteiger partial charge in [-0.25, -0.2) is 19.9 Å². The minimum atomic E-state index is 0.640. The van der Waals surface area contributed by atoms with E-state index in [-0.39, 0.29) is 0 Å². The zero-order valence-electron chi connectivity index (χ0n) is 26.2. The molecule has 9 rings (SSSR count). The Morgan fingerprint density at radius 2 is 0.875 bits per heavy atom. The zero-order valence-corrected chi connectivity index (χ0v) is 26.2. The molecule has 0 saturated carbocycles. The molecule has 7 aromatic carbocycles. The summed E-state index contributed by atoms with van der Waals surface area (Å²) in [6.07, 6.45) is 0. The van der Waals surface area contributed by atoms with Gasteiger partial charge < -0.3 is 4.57 Å². The van der Waals surface area contributed by atoms with E-state index in [1.165, 1.54) is 0 Å². The van der Waals surface area contributed by atoms with Crippen molar-refractivity contribution in [3.05, 3.63) is 158 Å². The highest BCUT2D eigenvalue weighted by atomic mass is 15.1. The van der Waals surface area contributed by atoms with E-state index >= 15 is 0 Å². The van der Waals surface area contributed by atoms with Crippen molar-refractivity contribution in [1.29, 1.82) is 0 Å². The third kappa shape index (κ3) is 4.89. The first kappa shape index (κ1) is 27.8. The lowest BCUT2D eigenvalue weighted by Crippen LogP contribution is -2.01. The Morgan fingerprint density at radius 1 is 0.375 bits per heavy atom. The van der Waals surface area contributed by atoms with Crippen LogP contribution in [0.1, 0.15) is 0 Å². The Balaban J connectivity index is 1.22. The van der Waals surface area contributed by atoms with Gasteiger partial charge >= 0.3 is 0 Å². The predicted molar refractivity (Wildman–Crippen MR) is 196 cm³/mol. The zero-order chi connectivity index (χ0) is 32.0. The lowest BCUT2D eigenvalue weighted by molar-refractivity contribution is 0.960. The number of nitrogens with zero attached hydrogens (tertiary/aromatic N) is 5. The third-order valence-electron chi connectivity index (χ3n) is 9.02. The van der Waals surface area contributed by atoms with Gasteiger partial charge in [-0.1, -0.05) is 121 Å². The molecule has 0 unspecified atom stereocenters. The highest BCUT2D eigenvalue weighted by molar-refractivity contribution is 5.98. The first-order chi connectivity index (χ1) is 23.7. The van der Waals surface area contributed by atoms with Gasteiger partial charge in [0.05, 0.1) is 11.0 Å². The summed E-state index contributed by atoms with van der Waals surface area (Å²) in [5, 5.41) is 4.60. The van der Waals surface area contributed by atoms with Gasteiger partial charge in [-0.2, -0.15) is 0 Å². The number of fused-ring (bicyclic) bond motifs is 3. The van der Waals surface area contributed by atoms with Gasteiger partial charge in [-0.05, 0) is 69.1 Å². The summed E-state index contributed by atoms with van der Waals surface area (Å²) in [4.78, 5) is 20.0. The Labute approximate surface area is 277 Å². The Hall–Kier alpha value is -6.46. The average molecular weight is 616 g/mol. The van der Waals surface area contributed by atoms with Crippen molar-refractivity contribution in [2.24, 2.45) is 7.05 Å². The molecule has 0 radical (unpaired) electrons. The summed E-state index contributed by atoms with van der Waals surface area (Å²) in [5.74, 6) is 2.89. The molecular weight excluding hydrogens is 587 g/mol. The minimum absolute atomic E-state index is 0.640. The minimum Gasteiger partial charge on any atom is -0.327 e. The van der Waals surface area contributed by atoms with Crippen LogP contribution >= 0.6 is 0 Å².